The van der Waals surface area contributed by atoms with E-state index in [0.29, 0.717) is 23.9 Å². The third-order valence-electron chi connectivity index (χ3n) is 5.05. The summed E-state index contributed by atoms with van der Waals surface area (Å²) in [4.78, 5) is 16.4. The van der Waals surface area contributed by atoms with Crippen molar-refractivity contribution in [1.82, 2.24) is 9.55 Å². The highest BCUT2D eigenvalue weighted by Gasteiger charge is 2.16. The summed E-state index contributed by atoms with van der Waals surface area (Å²) in [5.74, 6) is 0.652. The first-order chi connectivity index (χ1) is 14.6. The Balaban J connectivity index is 1.85. The largest absolute Gasteiger partial charge is 0.465 e. The SMILES string of the molecule is CCCCc1nc(Cl)c(COC)n1Cc1ccc(-c2cccc(C(=O)OC)c2)cc1. The Morgan fingerprint density at radius 1 is 1.10 bits per heavy atom. The zero-order valence-corrected chi connectivity index (χ0v) is 18.4. The zero-order chi connectivity index (χ0) is 21.5. The number of aromatic nitrogens is 2. The molecule has 0 aliphatic heterocycles. The van der Waals surface area contributed by atoms with Gasteiger partial charge in [-0.3, -0.25) is 0 Å². The molecule has 0 radical (unpaired) electrons. The van der Waals surface area contributed by atoms with E-state index in [0.717, 1.165) is 47.5 Å². The number of benzene rings is 2. The lowest BCUT2D eigenvalue weighted by Crippen LogP contribution is -2.10. The summed E-state index contributed by atoms with van der Waals surface area (Å²) >= 11 is 6.38. The maximum absolute atomic E-state index is 11.8. The normalized spacial score (nSPS) is 10.9. The maximum atomic E-state index is 11.8. The number of carbonyl (C=O) groups is 1. The molecule has 0 aliphatic carbocycles. The van der Waals surface area contributed by atoms with Crippen molar-refractivity contribution in [2.75, 3.05) is 14.2 Å². The van der Waals surface area contributed by atoms with Crippen LogP contribution in [0.15, 0.2) is 48.5 Å². The van der Waals surface area contributed by atoms with Gasteiger partial charge in [-0.15, -0.1) is 0 Å². The van der Waals surface area contributed by atoms with Crippen LogP contribution in [0.4, 0.5) is 0 Å². The third-order valence-corrected chi connectivity index (χ3v) is 5.35. The first kappa shape index (κ1) is 22.1. The van der Waals surface area contributed by atoms with Crippen LogP contribution in [-0.4, -0.2) is 29.7 Å². The highest BCUT2D eigenvalue weighted by molar-refractivity contribution is 6.30. The van der Waals surface area contributed by atoms with E-state index in [4.69, 9.17) is 21.1 Å². The molecule has 6 heteroatoms. The summed E-state index contributed by atoms with van der Waals surface area (Å²) in [5.41, 5.74) is 4.60. The van der Waals surface area contributed by atoms with E-state index in [-0.39, 0.29) is 5.97 Å². The number of rotatable bonds is 9. The fraction of sp³-hybridized carbons (Fsp3) is 0.333. The molecule has 0 amide bonds. The Labute approximate surface area is 182 Å². The standard InChI is InChI=1S/C24H27ClN2O3/c1-4-5-9-22-26-23(25)21(16-29-2)27(22)15-17-10-12-18(13-11-17)19-7-6-8-20(14-19)24(28)30-3/h6-8,10-14H,4-5,9,15-16H2,1-3H3. The van der Waals surface area contributed by atoms with Crippen LogP contribution in [0, 0.1) is 0 Å². The Morgan fingerprint density at radius 3 is 2.53 bits per heavy atom. The maximum Gasteiger partial charge on any atom is 0.337 e. The molecule has 0 unspecified atom stereocenters. The number of halogens is 1. The van der Waals surface area contributed by atoms with Crippen LogP contribution in [0.3, 0.4) is 0 Å². The van der Waals surface area contributed by atoms with Gasteiger partial charge in [-0.25, -0.2) is 9.78 Å². The quantitative estimate of drug-likeness (QED) is 0.422. The second kappa shape index (κ2) is 10.4. The summed E-state index contributed by atoms with van der Waals surface area (Å²) in [7, 11) is 3.05. The smallest absolute Gasteiger partial charge is 0.337 e. The third kappa shape index (κ3) is 5.10. The predicted molar refractivity (Wildman–Crippen MR) is 119 cm³/mol. The van der Waals surface area contributed by atoms with Gasteiger partial charge >= 0.3 is 5.97 Å². The highest BCUT2D eigenvalue weighted by Crippen LogP contribution is 2.24. The zero-order valence-electron chi connectivity index (χ0n) is 17.7. The second-order valence-electron chi connectivity index (χ2n) is 7.16. The van der Waals surface area contributed by atoms with Crippen molar-refractivity contribution in [2.24, 2.45) is 0 Å². The topological polar surface area (TPSA) is 53.4 Å². The molecule has 0 bridgehead atoms. The fourth-order valence-electron chi connectivity index (χ4n) is 3.42. The van der Waals surface area contributed by atoms with Crippen molar-refractivity contribution in [3.63, 3.8) is 0 Å². The van der Waals surface area contributed by atoms with Gasteiger partial charge in [-0.05, 0) is 35.2 Å². The van der Waals surface area contributed by atoms with Gasteiger partial charge in [0.05, 0.1) is 25.0 Å². The van der Waals surface area contributed by atoms with E-state index in [1.807, 2.05) is 18.2 Å². The summed E-state index contributed by atoms with van der Waals surface area (Å²) < 4.78 is 12.3. The lowest BCUT2D eigenvalue weighted by Gasteiger charge is -2.13. The average molecular weight is 427 g/mol. The minimum absolute atomic E-state index is 0.337. The van der Waals surface area contributed by atoms with Crippen LogP contribution in [0.25, 0.3) is 11.1 Å². The Morgan fingerprint density at radius 2 is 1.87 bits per heavy atom. The monoisotopic (exact) mass is 426 g/mol. The minimum atomic E-state index is -0.337. The molecule has 3 aromatic rings. The fourth-order valence-corrected chi connectivity index (χ4v) is 3.67. The lowest BCUT2D eigenvalue weighted by atomic mass is 10.0. The molecule has 1 aromatic heterocycles. The number of carbonyl (C=O) groups excluding carboxylic acids is 1. The van der Waals surface area contributed by atoms with E-state index in [1.165, 1.54) is 7.11 Å². The van der Waals surface area contributed by atoms with Crippen molar-refractivity contribution in [2.45, 2.75) is 39.3 Å². The van der Waals surface area contributed by atoms with Crippen LogP contribution < -0.4 is 0 Å². The van der Waals surface area contributed by atoms with Crippen molar-refractivity contribution in [3.05, 3.63) is 76.3 Å². The molecule has 0 spiro atoms. The van der Waals surface area contributed by atoms with Crippen molar-refractivity contribution in [1.29, 1.82) is 0 Å². The molecular formula is C24H27ClN2O3. The molecule has 0 saturated heterocycles. The van der Waals surface area contributed by atoms with Gasteiger partial charge < -0.3 is 14.0 Å². The van der Waals surface area contributed by atoms with Gasteiger partial charge in [-0.2, -0.15) is 0 Å². The van der Waals surface area contributed by atoms with E-state index < -0.39 is 0 Å². The van der Waals surface area contributed by atoms with Crippen LogP contribution >= 0.6 is 11.6 Å². The van der Waals surface area contributed by atoms with Gasteiger partial charge in [0.1, 0.15) is 5.82 Å². The van der Waals surface area contributed by atoms with E-state index in [1.54, 1.807) is 13.2 Å². The molecule has 0 atom stereocenters. The van der Waals surface area contributed by atoms with Gasteiger partial charge in [-0.1, -0.05) is 61.3 Å². The van der Waals surface area contributed by atoms with Crippen LogP contribution in [0.1, 0.15) is 47.2 Å². The molecule has 2 aromatic carbocycles. The number of nitrogens with zero attached hydrogens (tertiary/aromatic N) is 2. The van der Waals surface area contributed by atoms with Gasteiger partial charge in [0.15, 0.2) is 5.15 Å². The van der Waals surface area contributed by atoms with E-state index in [2.05, 4.69) is 40.7 Å². The van der Waals surface area contributed by atoms with Gasteiger partial charge in [0.2, 0.25) is 0 Å². The molecule has 0 N–H and O–H groups in total. The van der Waals surface area contributed by atoms with Crippen molar-refractivity contribution < 1.29 is 14.3 Å². The van der Waals surface area contributed by atoms with Crippen LogP contribution in [0.2, 0.25) is 5.15 Å². The molecule has 0 saturated carbocycles. The van der Waals surface area contributed by atoms with Gasteiger partial charge in [0.25, 0.3) is 0 Å². The van der Waals surface area contributed by atoms with E-state index in [9.17, 15) is 4.79 Å². The Hall–Kier alpha value is -2.63. The summed E-state index contributed by atoms with van der Waals surface area (Å²) in [6.45, 7) is 3.27. The summed E-state index contributed by atoms with van der Waals surface area (Å²) in [6.07, 6.45) is 3.05. The highest BCUT2D eigenvalue weighted by atomic mass is 35.5. The number of imidazole rings is 1. The van der Waals surface area contributed by atoms with Crippen molar-refractivity contribution in [3.8, 4) is 11.1 Å². The molecule has 1 heterocycles. The van der Waals surface area contributed by atoms with Crippen molar-refractivity contribution >= 4 is 17.6 Å². The average Bonchev–Trinajstić information content (AvgIpc) is 3.07. The number of methoxy groups -OCH3 is 2. The molecule has 158 valence electrons. The first-order valence-electron chi connectivity index (χ1n) is 10.1. The molecule has 0 fully saturated rings. The Bertz CT molecular complexity index is 996. The number of aryl methyl sites for hydroxylation is 1. The van der Waals surface area contributed by atoms with Crippen LogP contribution in [0.5, 0.6) is 0 Å². The lowest BCUT2D eigenvalue weighted by molar-refractivity contribution is 0.0601. The first-order valence-corrected chi connectivity index (χ1v) is 10.5. The molecular weight excluding hydrogens is 400 g/mol. The predicted octanol–water partition coefficient (Wildman–Crippen LogP) is 5.53. The van der Waals surface area contributed by atoms with E-state index >= 15 is 0 Å². The summed E-state index contributed by atoms with van der Waals surface area (Å²) in [5, 5.41) is 0.513. The number of hydrogen-bond acceptors (Lipinski definition) is 4. The molecule has 30 heavy (non-hydrogen) atoms. The molecule has 3 rings (SSSR count). The van der Waals surface area contributed by atoms with Gasteiger partial charge in [0, 0.05) is 20.1 Å². The number of unbranched alkanes of at least 4 members (excludes halogenated alkanes) is 1. The molecule has 0 aliphatic rings. The number of esters is 1. The van der Waals surface area contributed by atoms with Crippen LogP contribution in [-0.2, 0) is 29.0 Å². The number of ether oxygens (including phenoxy) is 2. The minimum Gasteiger partial charge on any atom is -0.465 e. The Kier molecular flexibility index (Phi) is 7.66. The summed E-state index contributed by atoms with van der Waals surface area (Å²) in [6, 6.07) is 15.7. The second-order valence-corrected chi connectivity index (χ2v) is 7.52. The number of hydrogen-bond donors (Lipinski definition) is 0. The molecule has 5 nitrogen and oxygen atoms in total.